The first kappa shape index (κ1) is 19.8. The molecule has 6 nitrogen and oxygen atoms in total. The van der Waals surface area contributed by atoms with Crippen LogP contribution in [0.4, 0.5) is 0 Å². The number of fused-ring (bicyclic) bond motifs is 1. The van der Waals surface area contributed by atoms with Crippen molar-refractivity contribution in [1.82, 2.24) is 10.2 Å². The van der Waals surface area contributed by atoms with Gasteiger partial charge in [0, 0.05) is 13.1 Å². The lowest BCUT2D eigenvalue weighted by Crippen LogP contribution is -2.44. The Labute approximate surface area is 181 Å². The lowest BCUT2D eigenvalue weighted by molar-refractivity contribution is -0.137. The summed E-state index contributed by atoms with van der Waals surface area (Å²) in [5, 5.41) is 3.00. The highest BCUT2D eigenvalue weighted by Gasteiger charge is 2.66. The van der Waals surface area contributed by atoms with Crippen LogP contribution in [-0.4, -0.2) is 48.6 Å². The Morgan fingerprint density at radius 3 is 2.68 bits per heavy atom. The van der Waals surface area contributed by atoms with Gasteiger partial charge in [-0.3, -0.25) is 9.59 Å². The van der Waals surface area contributed by atoms with Gasteiger partial charge < -0.3 is 19.7 Å². The molecule has 4 atom stereocenters. The molecule has 2 aromatic rings. The van der Waals surface area contributed by atoms with Gasteiger partial charge in [-0.25, -0.2) is 0 Å². The topological polar surface area (TPSA) is 67.9 Å². The average Bonchev–Trinajstić information content (AvgIpc) is 3.45. The highest BCUT2D eigenvalue weighted by Crippen LogP contribution is 2.51. The maximum atomic E-state index is 13.3. The fraction of sp³-hybridized carbons (Fsp3) is 0.360. The fourth-order valence-electron chi connectivity index (χ4n) is 5.03. The number of benzene rings is 2. The number of carbonyl (C=O) groups is 2. The van der Waals surface area contributed by atoms with Crippen LogP contribution in [0.2, 0.25) is 0 Å². The predicted molar refractivity (Wildman–Crippen MR) is 115 cm³/mol. The molecule has 2 saturated heterocycles. The summed E-state index contributed by atoms with van der Waals surface area (Å²) in [5.41, 5.74) is 1.51. The van der Waals surface area contributed by atoms with E-state index in [-0.39, 0.29) is 17.9 Å². The van der Waals surface area contributed by atoms with Gasteiger partial charge >= 0.3 is 0 Å². The quantitative estimate of drug-likeness (QED) is 0.701. The Morgan fingerprint density at radius 2 is 1.94 bits per heavy atom. The second-order valence-corrected chi connectivity index (χ2v) is 8.46. The summed E-state index contributed by atoms with van der Waals surface area (Å²) in [5.74, 6) is -0.273. The minimum absolute atomic E-state index is 0.0207. The van der Waals surface area contributed by atoms with E-state index >= 15 is 0 Å². The molecule has 3 heterocycles. The van der Waals surface area contributed by atoms with E-state index in [0.29, 0.717) is 19.6 Å². The maximum absolute atomic E-state index is 13.3. The van der Waals surface area contributed by atoms with Crippen LogP contribution in [0.3, 0.4) is 0 Å². The van der Waals surface area contributed by atoms with Gasteiger partial charge in [0.15, 0.2) is 0 Å². The van der Waals surface area contributed by atoms with Crippen molar-refractivity contribution in [3.05, 3.63) is 77.9 Å². The largest absolute Gasteiger partial charge is 0.497 e. The van der Waals surface area contributed by atoms with Gasteiger partial charge in [0.1, 0.15) is 11.4 Å². The molecule has 2 fully saturated rings. The third-order valence-electron chi connectivity index (χ3n) is 6.62. The van der Waals surface area contributed by atoms with Gasteiger partial charge in [0.25, 0.3) is 0 Å². The van der Waals surface area contributed by atoms with Gasteiger partial charge in [0.05, 0.1) is 31.6 Å². The third-order valence-corrected chi connectivity index (χ3v) is 6.62. The second kappa shape index (κ2) is 7.85. The van der Waals surface area contributed by atoms with E-state index < -0.39 is 17.4 Å². The number of amides is 2. The normalized spacial score (nSPS) is 28.1. The van der Waals surface area contributed by atoms with Crippen molar-refractivity contribution in [3.8, 4) is 5.75 Å². The number of hydrogen-bond donors (Lipinski definition) is 1. The monoisotopic (exact) mass is 418 g/mol. The third kappa shape index (κ3) is 3.51. The Morgan fingerprint density at radius 1 is 1.16 bits per heavy atom. The summed E-state index contributed by atoms with van der Waals surface area (Å²) < 4.78 is 11.4. The van der Waals surface area contributed by atoms with Gasteiger partial charge in [-0.05, 0) is 29.7 Å². The summed E-state index contributed by atoms with van der Waals surface area (Å²) in [6.45, 7) is 1.54. The highest BCUT2D eigenvalue weighted by molar-refractivity contribution is 5.93. The Kier molecular flexibility index (Phi) is 5.02. The van der Waals surface area contributed by atoms with Crippen molar-refractivity contribution in [2.24, 2.45) is 11.8 Å². The van der Waals surface area contributed by atoms with E-state index in [1.54, 1.807) is 7.11 Å². The minimum Gasteiger partial charge on any atom is -0.497 e. The van der Waals surface area contributed by atoms with E-state index in [2.05, 4.69) is 17.4 Å². The number of nitrogens with zero attached hydrogens (tertiary/aromatic N) is 1. The zero-order valence-corrected chi connectivity index (χ0v) is 17.5. The smallest absolute Gasteiger partial charge is 0.230 e. The molecule has 31 heavy (non-hydrogen) atoms. The molecule has 1 spiro atoms. The van der Waals surface area contributed by atoms with Crippen LogP contribution in [0.25, 0.3) is 0 Å². The van der Waals surface area contributed by atoms with Crippen LogP contribution in [-0.2, 0) is 27.3 Å². The van der Waals surface area contributed by atoms with E-state index in [1.165, 1.54) is 5.56 Å². The van der Waals surface area contributed by atoms with Gasteiger partial charge in [-0.2, -0.15) is 0 Å². The van der Waals surface area contributed by atoms with Crippen LogP contribution in [0.1, 0.15) is 11.1 Å². The van der Waals surface area contributed by atoms with Crippen molar-refractivity contribution < 1.29 is 19.1 Å². The number of ether oxygens (including phenoxy) is 2. The molecule has 4 unspecified atom stereocenters. The minimum atomic E-state index is -0.666. The summed E-state index contributed by atoms with van der Waals surface area (Å²) in [7, 11) is 1.62. The van der Waals surface area contributed by atoms with Gasteiger partial charge in [-0.1, -0.05) is 54.6 Å². The van der Waals surface area contributed by atoms with Gasteiger partial charge in [0.2, 0.25) is 11.8 Å². The first-order valence-corrected chi connectivity index (χ1v) is 10.7. The molecule has 3 aliphatic heterocycles. The first-order chi connectivity index (χ1) is 15.1. The van der Waals surface area contributed by atoms with Crippen LogP contribution in [0, 0.1) is 11.8 Å². The summed E-state index contributed by atoms with van der Waals surface area (Å²) in [6.07, 6.45) is 4.40. The van der Waals surface area contributed by atoms with E-state index in [9.17, 15) is 9.59 Å². The van der Waals surface area contributed by atoms with Crippen molar-refractivity contribution >= 4 is 11.8 Å². The van der Waals surface area contributed by atoms with Crippen molar-refractivity contribution in [1.29, 1.82) is 0 Å². The number of carbonyl (C=O) groups excluding carboxylic acids is 2. The molecule has 2 aromatic carbocycles. The molecule has 0 radical (unpaired) electrons. The molecular weight excluding hydrogens is 392 g/mol. The van der Waals surface area contributed by atoms with Crippen molar-refractivity contribution in [2.45, 2.75) is 24.7 Å². The number of likely N-dealkylation sites (tertiary alicyclic amines) is 1. The van der Waals surface area contributed by atoms with Crippen LogP contribution in [0.15, 0.2) is 66.7 Å². The molecule has 6 heteroatoms. The van der Waals surface area contributed by atoms with Crippen LogP contribution in [0.5, 0.6) is 5.75 Å². The summed E-state index contributed by atoms with van der Waals surface area (Å²) in [4.78, 5) is 28.2. The van der Waals surface area contributed by atoms with E-state index in [4.69, 9.17) is 9.47 Å². The fourth-order valence-corrected chi connectivity index (χ4v) is 5.03. The average molecular weight is 418 g/mol. The molecule has 2 bridgehead atoms. The van der Waals surface area contributed by atoms with Crippen LogP contribution < -0.4 is 10.1 Å². The highest BCUT2D eigenvalue weighted by atomic mass is 16.5. The van der Waals surface area contributed by atoms with E-state index in [1.807, 2.05) is 59.5 Å². The maximum Gasteiger partial charge on any atom is 0.230 e. The lowest BCUT2D eigenvalue weighted by atomic mass is 9.77. The molecule has 0 saturated carbocycles. The first-order valence-electron chi connectivity index (χ1n) is 10.7. The Hall–Kier alpha value is -3.12. The van der Waals surface area contributed by atoms with Crippen molar-refractivity contribution in [3.63, 3.8) is 0 Å². The predicted octanol–water partition coefficient (Wildman–Crippen LogP) is 2.34. The Bertz CT molecular complexity index is 1000. The standard InChI is InChI=1S/C25H26N2O4/c1-30-19-9-7-18(8-10-19)15-26-23(28)21-20-11-13-25(31-20)16-27(24(29)22(21)25)14-12-17-5-3-2-4-6-17/h2-11,13,20-22H,12,14-16H2,1H3,(H,26,28). The molecule has 2 amide bonds. The molecule has 1 N–H and O–H groups in total. The second-order valence-electron chi connectivity index (χ2n) is 8.46. The lowest BCUT2D eigenvalue weighted by Gasteiger charge is -2.23. The molecular formula is C25H26N2O4. The molecule has 160 valence electrons. The number of nitrogens with one attached hydrogen (secondary N) is 1. The van der Waals surface area contributed by atoms with Crippen LogP contribution >= 0.6 is 0 Å². The van der Waals surface area contributed by atoms with Crippen molar-refractivity contribution in [2.75, 3.05) is 20.2 Å². The van der Waals surface area contributed by atoms with Gasteiger partial charge in [-0.15, -0.1) is 0 Å². The molecule has 3 aliphatic rings. The van der Waals surface area contributed by atoms with E-state index in [0.717, 1.165) is 17.7 Å². The Balaban J connectivity index is 1.25. The number of methoxy groups -OCH3 is 1. The SMILES string of the molecule is COc1ccc(CNC(=O)C2C3C=CC4(CN(CCc5ccccc5)C(=O)C24)O3)cc1. The molecule has 0 aromatic heterocycles. The molecule has 5 rings (SSSR count). The summed E-state index contributed by atoms with van der Waals surface area (Å²) >= 11 is 0. The summed E-state index contributed by atoms with van der Waals surface area (Å²) in [6, 6.07) is 17.7. The zero-order valence-electron chi connectivity index (χ0n) is 17.5. The number of hydrogen-bond acceptors (Lipinski definition) is 4. The zero-order chi connectivity index (χ0) is 21.4. The molecule has 0 aliphatic carbocycles. The number of rotatable bonds is 7.